The highest BCUT2D eigenvalue weighted by atomic mass is 19.4. The summed E-state index contributed by atoms with van der Waals surface area (Å²) in [7, 11) is 1.33. The van der Waals surface area contributed by atoms with Crippen molar-refractivity contribution in [3.63, 3.8) is 0 Å². The van der Waals surface area contributed by atoms with E-state index in [0.717, 1.165) is 16.7 Å². The summed E-state index contributed by atoms with van der Waals surface area (Å²) < 4.78 is 45.0. The van der Waals surface area contributed by atoms with E-state index >= 15 is 0 Å². The summed E-state index contributed by atoms with van der Waals surface area (Å²) in [6.45, 7) is 0. The molecule has 0 aliphatic carbocycles. The highest BCUT2D eigenvalue weighted by molar-refractivity contribution is 5.79. The number of ether oxygens (including phenoxy) is 1. The highest BCUT2D eigenvalue weighted by Gasteiger charge is 2.31. The van der Waals surface area contributed by atoms with Crippen molar-refractivity contribution in [2.24, 2.45) is 7.05 Å². The Morgan fingerprint density at radius 1 is 1.28 bits per heavy atom. The number of aromatic nitrogens is 1. The second-order valence-corrected chi connectivity index (χ2v) is 3.44. The lowest BCUT2D eigenvalue weighted by Crippen LogP contribution is -2.23. The molecule has 18 heavy (non-hydrogen) atoms. The molecule has 0 fully saturated rings. The second kappa shape index (κ2) is 3.90. The first-order chi connectivity index (χ1) is 8.28. The van der Waals surface area contributed by atoms with Gasteiger partial charge in [-0.15, -0.1) is 13.2 Å². The van der Waals surface area contributed by atoms with E-state index in [9.17, 15) is 22.8 Å². The normalized spacial score (nSPS) is 11.8. The average molecular weight is 261 g/mol. The highest BCUT2D eigenvalue weighted by Crippen LogP contribution is 2.24. The summed E-state index contributed by atoms with van der Waals surface area (Å²) in [5.41, 5.74) is -0.855. The van der Waals surface area contributed by atoms with Gasteiger partial charge >= 0.3 is 17.7 Å². The number of rotatable bonds is 1. The van der Waals surface area contributed by atoms with Crippen molar-refractivity contribution in [2.45, 2.75) is 6.36 Å². The number of benzene rings is 1. The van der Waals surface area contributed by atoms with Crippen LogP contribution < -0.4 is 16.1 Å². The fourth-order valence-electron chi connectivity index (χ4n) is 1.47. The molecule has 0 aliphatic heterocycles. The van der Waals surface area contributed by atoms with Crippen molar-refractivity contribution in [2.75, 3.05) is 0 Å². The van der Waals surface area contributed by atoms with Gasteiger partial charge in [0.1, 0.15) is 5.75 Å². The number of alkyl halides is 3. The molecule has 2 rings (SSSR count). The zero-order valence-corrected chi connectivity index (χ0v) is 8.95. The smallest absolute Gasteiger partial charge is 0.406 e. The third kappa shape index (κ3) is 2.22. The SMILES string of the molecule is Cn1c(=O)oc(=O)c2cc(OC(F)(F)F)ccc21. The zero-order valence-electron chi connectivity index (χ0n) is 8.95. The zero-order chi connectivity index (χ0) is 13.5. The molecule has 0 N–H and O–H groups in total. The van der Waals surface area contributed by atoms with Crippen LogP contribution in [-0.4, -0.2) is 10.9 Å². The van der Waals surface area contributed by atoms with E-state index < -0.39 is 23.5 Å². The number of fused-ring (bicyclic) bond motifs is 1. The Balaban J connectivity index is 2.67. The molecule has 1 aromatic heterocycles. The summed E-state index contributed by atoms with van der Waals surface area (Å²) in [6, 6.07) is 3.05. The number of aryl methyl sites for hydroxylation is 1. The van der Waals surface area contributed by atoms with Crippen molar-refractivity contribution in [1.82, 2.24) is 4.57 Å². The van der Waals surface area contributed by atoms with E-state index in [2.05, 4.69) is 9.15 Å². The van der Waals surface area contributed by atoms with Gasteiger partial charge in [0.25, 0.3) is 0 Å². The van der Waals surface area contributed by atoms with Crippen molar-refractivity contribution in [3.05, 3.63) is 39.2 Å². The first-order valence-electron chi connectivity index (χ1n) is 4.67. The third-order valence-corrected chi connectivity index (χ3v) is 2.24. The lowest BCUT2D eigenvalue weighted by Gasteiger charge is -2.09. The molecule has 0 radical (unpaired) electrons. The van der Waals surface area contributed by atoms with Crippen LogP contribution in [0.1, 0.15) is 0 Å². The molecular weight excluding hydrogens is 255 g/mol. The predicted molar refractivity (Wildman–Crippen MR) is 54.4 cm³/mol. The second-order valence-electron chi connectivity index (χ2n) is 3.44. The first-order valence-corrected chi connectivity index (χ1v) is 4.67. The molecule has 0 unspecified atom stereocenters. The molecular formula is C10H6F3NO4. The Hall–Kier alpha value is -2.25. The lowest BCUT2D eigenvalue weighted by atomic mass is 10.2. The van der Waals surface area contributed by atoms with E-state index in [1.54, 1.807) is 0 Å². The molecule has 0 aliphatic rings. The van der Waals surface area contributed by atoms with Gasteiger partial charge in [0.15, 0.2) is 0 Å². The van der Waals surface area contributed by atoms with E-state index in [4.69, 9.17) is 0 Å². The Morgan fingerprint density at radius 3 is 2.56 bits per heavy atom. The third-order valence-electron chi connectivity index (χ3n) is 2.24. The Bertz CT molecular complexity index is 714. The van der Waals surface area contributed by atoms with Gasteiger partial charge in [-0.2, -0.15) is 0 Å². The van der Waals surface area contributed by atoms with Crippen LogP contribution in [0.3, 0.4) is 0 Å². The van der Waals surface area contributed by atoms with Crippen LogP contribution in [0.2, 0.25) is 0 Å². The first kappa shape index (κ1) is 12.2. The minimum Gasteiger partial charge on any atom is -0.406 e. The van der Waals surface area contributed by atoms with Crippen molar-refractivity contribution in [1.29, 1.82) is 0 Å². The summed E-state index contributed by atoms with van der Waals surface area (Å²) in [4.78, 5) is 22.5. The van der Waals surface area contributed by atoms with Crippen LogP contribution in [-0.2, 0) is 7.05 Å². The van der Waals surface area contributed by atoms with Crippen molar-refractivity contribution in [3.8, 4) is 5.75 Å². The van der Waals surface area contributed by atoms with Crippen molar-refractivity contribution >= 4 is 10.9 Å². The van der Waals surface area contributed by atoms with Crippen molar-refractivity contribution < 1.29 is 22.3 Å². The van der Waals surface area contributed by atoms with Crippen LogP contribution >= 0.6 is 0 Å². The Kier molecular flexibility index (Phi) is 2.64. The van der Waals surface area contributed by atoms with Gasteiger partial charge in [0.2, 0.25) is 0 Å². The molecule has 5 nitrogen and oxygen atoms in total. The largest absolute Gasteiger partial charge is 0.573 e. The van der Waals surface area contributed by atoms with Crippen LogP contribution in [0.25, 0.3) is 10.9 Å². The number of halogens is 3. The Morgan fingerprint density at radius 2 is 1.94 bits per heavy atom. The number of hydrogen-bond donors (Lipinski definition) is 0. The molecule has 96 valence electrons. The summed E-state index contributed by atoms with van der Waals surface area (Å²) >= 11 is 0. The van der Waals surface area contributed by atoms with Gasteiger partial charge in [-0.25, -0.2) is 9.59 Å². The van der Waals surface area contributed by atoms with Gasteiger partial charge in [0, 0.05) is 7.05 Å². The van der Waals surface area contributed by atoms with E-state index in [-0.39, 0.29) is 10.9 Å². The van der Waals surface area contributed by atoms with Crippen LogP contribution in [0, 0.1) is 0 Å². The molecule has 1 heterocycles. The molecule has 0 amide bonds. The maximum absolute atomic E-state index is 12.0. The van der Waals surface area contributed by atoms with Crippen LogP contribution in [0.5, 0.6) is 5.75 Å². The van der Waals surface area contributed by atoms with E-state index in [0.29, 0.717) is 0 Å². The molecule has 0 saturated carbocycles. The van der Waals surface area contributed by atoms with Crippen LogP contribution in [0.15, 0.2) is 32.2 Å². The minimum atomic E-state index is -4.85. The molecule has 1 aromatic carbocycles. The summed E-state index contributed by atoms with van der Waals surface area (Å²) in [6.07, 6.45) is -4.85. The van der Waals surface area contributed by atoms with E-state index in [1.807, 2.05) is 0 Å². The minimum absolute atomic E-state index is 0.158. The van der Waals surface area contributed by atoms with Gasteiger partial charge in [0.05, 0.1) is 10.9 Å². The maximum Gasteiger partial charge on any atom is 0.573 e. The molecule has 0 spiro atoms. The molecule has 0 saturated heterocycles. The molecule has 8 heteroatoms. The molecule has 2 aromatic rings. The quantitative estimate of drug-likeness (QED) is 0.778. The summed E-state index contributed by atoms with van der Waals surface area (Å²) in [5.74, 6) is -1.45. The Labute approximate surface area is 97.0 Å². The maximum atomic E-state index is 12.0. The number of hydrogen-bond acceptors (Lipinski definition) is 4. The molecule has 0 bridgehead atoms. The van der Waals surface area contributed by atoms with Gasteiger partial charge in [-0.3, -0.25) is 4.57 Å². The number of nitrogens with zero attached hydrogens (tertiary/aromatic N) is 1. The van der Waals surface area contributed by atoms with Gasteiger partial charge in [-0.05, 0) is 18.2 Å². The van der Waals surface area contributed by atoms with Gasteiger partial charge in [-0.1, -0.05) is 0 Å². The van der Waals surface area contributed by atoms with E-state index in [1.165, 1.54) is 13.1 Å². The topological polar surface area (TPSA) is 61.4 Å². The fourth-order valence-corrected chi connectivity index (χ4v) is 1.47. The lowest BCUT2D eigenvalue weighted by molar-refractivity contribution is -0.274. The monoisotopic (exact) mass is 261 g/mol. The molecule has 0 atom stereocenters. The van der Waals surface area contributed by atoms with Crippen LogP contribution in [0.4, 0.5) is 13.2 Å². The fraction of sp³-hybridized carbons (Fsp3) is 0.200. The standard InChI is InChI=1S/C10H6F3NO4/c1-14-7-3-2-5(18-10(11,12)13)4-6(7)8(15)17-9(14)16/h2-4H,1H3. The predicted octanol–water partition coefficient (Wildman–Crippen LogP) is 1.39. The average Bonchev–Trinajstić information content (AvgIpc) is 2.24. The van der Waals surface area contributed by atoms with Gasteiger partial charge < -0.3 is 9.15 Å². The summed E-state index contributed by atoms with van der Waals surface area (Å²) in [5, 5.41) is -0.168.